The van der Waals surface area contributed by atoms with Gasteiger partial charge in [0.15, 0.2) is 5.01 Å². The maximum atomic E-state index is 4.47. The fourth-order valence-electron chi connectivity index (χ4n) is 1.30. The predicted molar refractivity (Wildman–Crippen MR) is 61.7 cm³/mol. The van der Waals surface area contributed by atoms with Crippen LogP contribution in [0.15, 0.2) is 24.4 Å². The summed E-state index contributed by atoms with van der Waals surface area (Å²) in [6, 6.07) is 5.82. The summed E-state index contributed by atoms with van der Waals surface area (Å²) in [7, 11) is 0. The lowest BCUT2D eigenvalue weighted by Gasteiger charge is -1.97. The third-order valence-corrected chi connectivity index (χ3v) is 2.72. The van der Waals surface area contributed by atoms with Gasteiger partial charge < -0.3 is 0 Å². The lowest BCUT2D eigenvalue weighted by molar-refractivity contribution is 0.627. The molecule has 15 heavy (non-hydrogen) atoms. The Morgan fingerprint density at radius 2 is 2.20 bits per heavy atom. The second-order valence-corrected chi connectivity index (χ2v) is 4.58. The first-order valence-corrected chi connectivity index (χ1v) is 5.77. The van der Waals surface area contributed by atoms with Gasteiger partial charge in [-0.1, -0.05) is 19.9 Å². The summed E-state index contributed by atoms with van der Waals surface area (Å²) >= 11 is 1.42. The van der Waals surface area contributed by atoms with Crippen LogP contribution in [0.3, 0.4) is 0 Å². The lowest BCUT2D eigenvalue weighted by atomic mass is 10.1. The van der Waals surface area contributed by atoms with Gasteiger partial charge in [-0.15, -0.1) is 0 Å². The predicted octanol–water partition coefficient (Wildman–Crippen LogP) is 2.80. The van der Waals surface area contributed by atoms with Gasteiger partial charge in [0.1, 0.15) is 11.5 Å². The Morgan fingerprint density at radius 1 is 1.33 bits per heavy atom. The molecular weight excluding hydrogens is 206 g/mol. The van der Waals surface area contributed by atoms with Gasteiger partial charge in [0, 0.05) is 12.6 Å². The van der Waals surface area contributed by atoms with Crippen LogP contribution in [0.1, 0.15) is 19.7 Å². The van der Waals surface area contributed by atoms with Gasteiger partial charge in [-0.3, -0.25) is 4.98 Å². The Balaban J connectivity index is 2.21. The van der Waals surface area contributed by atoms with E-state index in [0.717, 1.165) is 22.9 Å². The van der Waals surface area contributed by atoms with Gasteiger partial charge >= 0.3 is 0 Å². The Hall–Kier alpha value is -1.29. The molecule has 0 amide bonds. The zero-order valence-electron chi connectivity index (χ0n) is 8.84. The molecule has 0 atom stereocenters. The van der Waals surface area contributed by atoms with Crippen LogP contribution in [0, 0.1) is 5.92 Å². The van der Waals surface area contributed by atoms with E-state index >= 15 is 0 Å². The molecule has 0 unspecified atom stereocenters. The fourth-order valence-corrected chi connectivity index (χ4v) is 1.96. The molecule has 0 aliphatic carbocycles. The van der Waals surface area contributed by atoms with E-state index in [9.17, 15) is 0 Å². The molecule has 0 bridgehead atoms. The van der Waals surface area contributed by atoms with Crippen molar-refractivity contribution < 1.29 is 0 Å². The fraction of sp³-hybridized carbons (Fsp3) is 0.364. The second-order valence-electron chi connectivity index (χ2n) is 3.83. The van der Waals surface area contributed by atoms with E-state index in [0.29, 0.717) is 5.92 Å². The first-order valence-electron chi connectivity index (χ1n) is 4.99. The largest absolute Gasteiger partial charge is 0.254 e. The highest BCUT2D eigenvalue weighted by molar-refractivity contribution is 7.09. The van der Waals surface area contributed by atoms with Crippen LogP contribution < -0.4 is 0 Å². The molecule has 0 spiro atoms. The molecule has 2 heterocycles. The third-order valence-electron chi connectivity index (χ3n) is 1.94. The normalized spacial score (nSPS) is 10.9. The monoisotopic (exact) mass is 219 g/mol. The van der Waals surface area contributed by atoms with Gasteiger partial charge in [-0.05, 0) is 29.6 Å². The van der Waals surface area contributed by atoms with E-state index in [1.807, 2.05) is 18.2 Å². The van der Waals surface area contributed by atoms with Crippen molar-refractivity contribution in [2.24, 2.45) is 5.92 Å². The number of hydrogen-bond acceptors (Lipinski definition) is 4. The molecule has 0 radical (unpaired) electrons. The van der Waals surface area contributed by atoms with Gasteiger partial charge in [0.2, 0.25) is 0 Å². The summed E-state index contributed by atoms with van der Waals surface area (Å²) in [6.07, 6.45) is 2.71. The Kier molecular flexibility index (Phi) is 3.06. The van der Waals surface area contributed by atoms with Crippen molar-refractivity contribution in [2.75, 3.05) is 0 Å². The number of hydrogen-bond donors (Lipinski definition) is 0. The minimum atomic E-state index is 0.594. The molecule has 0 fully saturated rings. The zero-order chi connectivity index (χ0) is 10.7. The van der Waals surface area contributed by atoms with Gasteiger partial charge in [0.05, 0.1) is 0 Å². The second kappa shape index (κ2) is 4.49. The number of pyridine rings is 1. The quantitative estimate of drug-likeness (QED) is 0.796. The maximum absolute atomic E-state index is 4.47. The zero-order valence-corrected chi connectivity index (χ0v) is 9.66. The van der Waals surface area contributed by atoms with Crippen molar-refractivity contribution in [3.05, 3.63) is 30.2 Å². The van der Waals surface area contributed by atoms with Crippen LogP contribution in [-0.2, 0) is 6.42 Å². The molecule has 0 N–H and O–H groups in total. The summed E-state index contributed by atoms with van der Waals surface area (Å²) in [5.41, 5.74) is 0.907. The van der Waals surface area contributed by atoms with Gasteiger partial charge in [0.25, 0.3) is 0 Å². The van der Waals surface area contributed by atoms with Crippen LogP contribution in [0.5, 0.6) is 0 Å². The molecule has 2 aromatic rings. The van der Waals surface area contributed by atoms with Gasteiger partial charge in [-0.2, -0.15) is 4.37 Å². The summed E-state index contributed by atoms with van der Waals surface area (Å²) in [6.45, 7) is 4.34. The van der Waals surface area contributed by atoms with Crippen LogP contribution in [0.25, 0.3) is 10.7 Å². The molecule has 0 saturated carbocycles. The molecule has 0 aliphatic heterocycles. The van der Waals surface area contributed by atoms with E-state index in [1.54, 1.807) is 6.20 Å². The minimum absolute atomic E-state index is 0.594. The number of rotatable bonds is 3. The van der Waals surface area contributed by atoms with Crippen molar-refractivity contribution in [2.45, 2.75) is 20.3 Å². The van der Waals surface area contributed by atoms with Crippen molar-refractivity contribution in [1.29, 1.82) is 0 Å². The molecule has 0 aliphatic rings. The first kappa shape index (κ1) is 10.2. The average Bonchev–Trinajstić information content (AvgIpc) is 2.67. The highest BCUT2D eigenvalue weighted by Gasteiger charge is 2.08. The van der Waals surface area contributed by atoms with E-state index in [-0.39, 0.29) is 0 Å². The van der Waals surface area contributed by atoms with E-state index in [4.69, 9.17) is 0 Å². The molecule has 4 heteroatoms. The Labute approximate surface area is 93.4 Å². The molecule has 0 aromatic carbocycles. The summed E-state index contributed by atoms with van der Waals surface area (Å²) in [4.78, 5) is 8.71. The van der Waals surface area contributed by atoms with Crippen LogP contribution in [0.2, 0.25) is 0 Å². The summed E-state index contributed by atoms with van der Waals surface area (Å²) in [5.74, 6) is 1.52. The molecule has 3 nitrogen and oxygen atoms in total. The SMILES string of the molecule is CC(C)Cc1nsc(-c2ccccn2)n1. The summed E-state index contributed by atoms with van der Waals surface area (Å²) in [5, 5.41) is 0.909. The average molecular weight is 219 g/mol. The number of aromatic nitrogens is 3. The van der Waals surface area contributed by atoms with Crippen LogP contribution in [0.4, 0.5) is 0 Å². The number of nitrogens with zero attached hydrogens (tertiary/aromatic N) is 3. The smallest absolute Gasteiger partial charge is 0.162 e. The third kappa shape index (κ3) is 2.59. The van der Waals surface area contributed by atoms with Crippen molar-refractivity contribution in [3.63, 3.8) is 0 Å². The Morgan fingerprint density at radius 3 is 2.87 bits per heavy atom. The molecule has 2 rings (SSSR count). The molecular formula is C11H13N3S. The highest BCUT2D eigenvalue weighted by Crippen LogP contribution is 2.19. The van der Waals surface area contributed by atoms with E-state index < -0.39 is 0 Å². The molecule has 2 aromatic heterocycles. The minimum Gasteiger partial charge on any atom is -0.254 e. The lowest BCUT2D eigenvalue weighted by Crippen LogP contribution is -1.95. The summed E-state index contributed by atoms with van der Waals surface area (Å²) < 4.78 is 4.32. The molecule has 0 saturated heterocycles. The Bertz CT molecular complexity index is 422. The van der Waals surface area contributed by atoms with Gasteiger partial charge in [-0.25, -0.2) is 4.98 Å². The molecule has 78 valence electrons. The topological polar surface area (TPSA) is 38.7 Å². The highest BCUT2D eigenvalue weighted by atomic mass is 32.1. The standard InChI is InChI=1S/C11H13N3S/c1-8(2)7-10-13-11(15-14-10)9-5-3-4-6-12-9/h3-6,8H,7H2,1-2H3. The maximum Gasteiger partial charge on any atom is 0.162 e. The van der Waals surface area contributed by atoms with Crippen LogP contribution >= 0.6 is 11.5 Å². The van der Waals surface area contributed by atoms with E-state index in [2.05, 4.69) is 28.2 Å². The van der Waals surface area contributed by atoms with Crippen molar-refractivity contribution >= 4 is 11.5 Å². The van der Waals surface area contributed by atoms with Crippen LogP contribution in [-0.4, -0.2) is 14.3 Å². The van der Waals surface area contributed by atoms with Crippen molar-refractivity contribution in [1.82, 2.24) is 14.3 Å². The van der Waals surface area contributed by atoms with E-state index in [1.165, 1.54) is 11.5 Å². The first-order chi connectivity index (χ1) is 7.25. The van der Waals surface area contributed by atoms with Crippen molar-refractivity contribution in [3.8, 4) is 10.7 Å².